The van der Waals surface area contributed by atoms with Crippen LogP contribution in [0.5, 0.6) is 0 Å². The van der Waals surface area contributed by atoms with Crippen molar-refractivity contribution in [2.75, 3.05) is 13.6 Å². The summed E-state index contributed by atoms with van der Waals surface area (Å²) in [7, 11) is 2.17. The number of aliphatic hydroxyl groups is 1. The lowest BCUT2D eigenvalue weighted by Gasteiger charge is -2.35. The molecule has 0 amide bonds. The molecule has 1 unspecified atom stereocenters. The third kappa shape index (κ3) is 4.08. The summed E-state index contributed by atoms with van der Waals surface area (Å²) in [6.07, 6.45) is 4.82. The van der Waals surface area contributed by atoms with Gasteiger partial charge >= 0.3 is 0 Å². The Morgan fingerprint density at radius 2 is 1.62 bits per heavy atom. The molecule has 21 heavy (non-hydrogen) atoms. The highest BCUT2D eigenvalue weighted by Crippen LogP contribution is 2.29. The van der Waals surface area contributed by atoms with Gasteiger partial charge in [-0.15, -0.1) is 0 Å². The fourth-order valence-electron chi connectivity index (χ4n) is 3.91. The van der Waals surface area contributed by atoms with Crippen LogP contribution in [0.1, 0.15) is 61.0 Å². The number of benzene rings is 1. The van der Waals surface area contributed by atoms with E-state index in [-0.39, 0.29) is 6.10 Å². The topological polar surface area (TPSA) is 23.5 Å². The highest BCUT2D eigenvalue weighted by atomic mass is 16.3. The van der Waals surface area contributed by atoms with Gasteiger partial charge in [0.2, 0.25) is 0 Å². The lowest BCUT2D eigenvalue weighted by molar-refractivity contribution is 0.0850. The van der Waals surface area contributed by atoms with E-state index < -0.39 is 0 Å². The van der Waals surface area contributed by atoms with Gasteiger partial charge < -0.3 is 10.0 Å². The Bertz CT molecular complexity index is 451. The average Bonchev–Trinajstić information content (AvgIpc) is 2.37. The van der Waals surface area contributed by atoms with Crippen LogP contribution in [0.25, 0.3) is 0 Å². The molecule has 2 rings (SSSR count). The van der Waals surface area contributed by atoms with Gasteiger partial charge in [0.15, 0.2) is 0 Å². The van der Waals surface area contributed by atoms with Gasteiger partial charge in [-0.1, -0.05) is 24.6 Å². The molecule has 1 fully saturated rings. The Balaban J connectivity index is 2.02. The fourth-order valence-corrected chi connectivity index (χ4v) is 3.91. The van der Waals surface area contributed by atoms with Crippen molar-refractivity contribution in [3.8, 4) is 0 Å². The van der Waals surface area contributed by atoms with Crippen molar-refractivity contribution in [3.05, 3.63) is 34.4 Å². The van der Waals surface area contributed by atoms with E-state index in [2.05, 4.69) is 51.8 Å². The van der Waals surface area contributed by atoms with Crippen LogP contribution in [0.3, 0.4) is 0 Å². The van der Waals surface area contributed by atoms with Crippen molar-refractivity contribution in [3.63, 3.8) is 0 Å². The molecule has 0 spiro atoms. The van der Waals surface area contributed by atoms with Crippen LogP contribution in [-0.2, 0) is 0 Å². The van der Waals surface area contributed by atoms with E-state index >= 15 is 0 Å². The summed E-state index contributed by atoms with van der Waals surface area (Å²) in [5, 5.41) is 10.7. The summed E-state index contributed by atoms with van der Waals surface area (Å²) in [4.78, 5) is 2.37. The number of hydrogen-bond donors (Lipinski definition) is 1. The Morgan fingerprint density at radius 1 is 1.10 bits per heavy atom. The van der Waals surface area contributed by atoms with Crippen LogP contribution in [0, 0.1) is 26.7 Å². The smallest absolute Gasteiger partial charge is 0.0922 e. The highest BCUT2D eigenvalue weighted by molar-refractivity contribution is 5.39. The second-order valence-corrected chi connectivity index (χ2v) is 7.18. The molecule has 1 N–H and O–H groups in total. The fraction of sp³-hybridized carbons (Fsp3) is 0.684. The number of rotatable bonds is 4. The molecule has 1 aliphatic rings. The summed E-state index contributed by atoms with van der Waals surface area (Å²) in [6.45, 7) is 9.43. The molecule has 1 aromatic rings. The van der Waals surface area contributed by atoms with E-state index in [1.54, 1.807) is 0 Å². The summed E-state index contributed by atoms with van der Waals surface area (Å²) in [5.74, 6) is 0.876. The predicted octanol–water partition coefficient (Wildman–Crippen LogP) is 4.16. The standard InChI is InChI=1S/C19H31NO/c1-13-6-8-17(9-7-13)20(5)12-18(21)19-15(3)10-14(2)11-16(19)4/h10-11,13,17-18,21H,6-9,12H2,1-5H3. The highest BCUT2D eigenvalue weighted by Gasteiger charge is 2.24. The van der Waals surface area contributed by atoms with Crippen LogP contribution in [0.15, 0.2) is 12.1 Å². The molecule has 2 nitrogen and oxygen atoms in total. The third-order valence-corrected chi connectivity index (χ3v) is 5.14. The largest absolute Gasteiger partial charge is 0.387 e. The van der Waals surface area contributed by atoms with Crippen molar-refractivity contribution < 1.29 is 5.11 Å². The number of nitrogens with zero attached hydrogens (tertiary/aromatic N) is 1. The lowest BCUT2D eigenvalue weighted by atomic mass is 9.86. The van der Waals surface area contributed by atoms with E-state index in [1.165, 1.54) is 42.4 Å². The molecular formula is C19H31NO. The van der Waals surface area contributed by atoms with Gasteiger partial charge in [0.1, 0.15) is 0 Å². The first-order chi connectivity index (χ1) is 9.88. The number of aliphatic hydroxyl groups excluding tert-OH is 1. The number of likely N-dealkylation sites (N-methyl/N-ethyl adjacent to an activating group) is 1. The van der Waals surface area contributed by atoms with Crippen LogP contribution in [-0.4, -0.2) is 29.6 Å². The van der Waals surface area contributed by atoms with Gasteiger partial charge in [0, 0.05) is 12.6 Å². The monoisotopic (exact) mass is 289 g/mol. The molecule has 1 aliphatic carbocycles. The Kier molecular flexibility index (Phi) is 5.45. The average molecular weight is 289 g/mol. The minimum absolute atomic E-state index is 0.380. The van der Waals surface area contributed by atoms with E-state index in [0.717, 1.165) is 18.0 Å². The summed E-state index contributed by atoms with van der Waals surface area (Å²) in [5.41, 5.74) is 4.82. The van der Waals surface area contributed by atoms with Gasteiger partial charge in [-0.25, -0.2) is 0 Å². The molecule has 1 aromatic carbocycles. The van der Waals surface area contributed by atoms with E-state index in [9.17, 15) is 5.11 Å². The van der Waals surface area contributed by atoms with E-state index in [1.807, 2.05) is 0 Å². The minimum atomic E-state index is -0.380. The molecule has 0 bridgehead atoms. The quantitative estimate of drug-likeness (QED) is 0.900. The maximum Gasteiger partial charge on any atom is 0.0922 e. The first-order valence-electron chi connectivity index (χ1n) is 8.34. The van der Waals surface area contributed by atoms with Crippen LogP contribution in [0.2, 0.25) is 0 Å². The molecular weight excluding hydrogens is 258 g/mol. The molecule has 0 aliphatic heterocycles. The second-order valence-electron chi connectivity index (χ2n) is 7.18. The van der Waals surface area contributed by atoms with Gasteiger partial charge in [-0.3, -0.25) is 0 Å². The van der Waals surface area contributed by atoms with Crippen molar-refractivity contribution in [1.82, 2.24) is 4.90 Å². The molecule has 0 heterocycles. The Morgan fingerprint density at radius 3 is 2.14 bits per heavy atom. The van der Waals surface area contributed by atoms with Crippen molar-refractivity contribution in [1.29, 1.82) is 0 Å². The van der Waals surface area contributed by atoms with E-state index in [4.69, 9.17) is 0 Å². The maximum absolute atomic E-state index is 10.7. The molecule has 0 radical (unpaired) electrons. The molecule has 0 saturated heterocycles. The van der Waals surface area contributed by atoms with Crippen molar-refractivity contribution in [2.45, 2.75) is 65.5 Å². The SMILES string of the molecule is Cc1cc(C)c(C(O)CN(C)C2CCC(C)CC2)c(C)c1. The normalized spacial score (nSPS) is 24.3. The van der Waals surface area contributed by atoms with E-state index in [0.29, 0.717) is 6.04 Å². The first-order valence-corrected chi connectivity index (χ1v) is 8.34. The minimum Gasteiger partial charge on any atom is -0.387 e. The zero-order valence-corrected chi connectivity index (χ0v) is 14.3. The summed E-state index contributed by atoms with van der Waals surface area (Å²) in [6, 6.07) is 4.99. The van der Waals surface area contributed by atoms with Crippen LogP contribution >= 0.6 is 0 Å². The number of aryl methyl sites for hydroxylation is 3. The molecule has 1 saturated carbocycles. The van der Waals surface area contributed by atoms with Gasteiger partial charge in [-0.2, -0.15) is 0 Å². The third-order valence-electron chi connectivity index (χ3n) is 5.14. The first kappa shape index (κ1) is 16.5. The van der Waals surface area contributed by atoms with Crippen molar-refractivity contribution >= 4 is 0 Å². The molecule has 2 heteroatoms. The van der Waals surface area contributed by atoms with Gasteiger partial charge in [-0.05, 0) is 76.1 Å². The van der Waals surface area contributed by atoms with Crippen molar-refractivity contribution in [2.24, 2.45) is 5.92 Å². The Labute approximate surface area is 130 Å². The van der Waals surface area contributed by atoms with Crippen LogP contribution in [0.4, 0.5) is 0 Å². The predicted molar refractivity (Wildman–Crippen MR) is 89.7 cm³/mol. The summed E-state index contributed by atoms with van der Waals surface area (Å²) < 4.78 is 0. The summed E-state index contributed by atoms with van der Waals surface area (Å²) >= 11 is 0. The molecule has 0 aromatic heterocycles. The zero-order valence-electron chi connectivity index (χ0n) is 14.3. The Hall–Kier alpha value is -0.860. The maximum atomic E-state index is 10.7. The van der Waals surface area contributed by atoms with Gasteiger partial charge in [0.25, 0.3) is 0 Å². The number of hydrogen-bond acceptors (Lipinski definition) is 2. The zero-order chi connectivity index (χ0) is 15.6. The molecule has 1 atom stereocenters. The van der Waals surface area contributed by atoms with Gasteiger partial charge in [0.05, 0.1) is 6.10 Å². The lowest BCUT2D eigenvalue weighted by Crippen LogP contribution is -2.37. The van der Waals surface area contributed by atoms with Crippen LogP contribution < -0.4 is 0 Å². The second kappa shape index (κ2) is 6.93. The molecule has 118 valence electrons.